The fourth-order valence-corrected chi connectivity index (χ4v) is 1.45. The lowest BCUT2D eigenvalue weighted by atomic mass is 9.95. The maximum absolute atomic E-state index is 10.9. The average molecular weight is 178 g/mol. The number of carbonyl (C=O) groups is 1. The van der Waals surface area contributed by atoms with Crippen molar-refractivity contribution in [1.29, 1.82) is 0 Å². The van der Waals surface area contributed by atoms with E-state index in [2.05, 4.69) is 0 Å². The zero-order valence-corrected chi connectivity index (χ0v) is 7.95. The van der Waals surface area contributed by atoms with Crippen LogP contribution in [0, 0.1) is 0 Å². The first-order valence-electron chi connectivity index (χ1n) is 4.38. The lowest BCUT2D eigenvalue weighted by Crippen LogP contribution is -2.00. The molecular formula is C11H14O2. The van der Waals surface area contributed by atoms with Crippen molar-refractivity contribution in [3.63, 3.8) is 0 Å². The SMILES string of the molecule is CC(=O)CC(C)c1ccccc1O. The Labute approximate surface area is 78.2 Å². The molecule has 0 spiro atoms. The van der Waals surface area contributed by atoms with Crippen molar-refractivity contribution in [2.24, 2.45) is 0 Å². The summed E-state index contributed by atoms with van der Waals surface area (Å²) in [6, 6.07) is 7.14. The van der Waals surface area contributed by atoms with Gasteiger partial charge in [-0.25, -0.2) is 0 Å². The Kier molecular flexibility index (Phi) is 3.07. The van der Waals surface area contributed by atoms with Crippen LogP contribution in [0.4, 0.5) is 0 Å². The van der Waals surface area contributed by atoms with Gasteiger partial charge in [0.25, 0.3) is 0 Å². The quantitative estimate of drug-likeness (QED) is 0.772. The minimum Gasteiger partial charge on any atom is -0.508 e. The molecule has 1 aromatic carbocycles. The van der Waals surface area contributed by atoms with Crippen LogP contribution in [0.25, 0.3) is 0 Å². The van der Waals surface area contributed by atoms with Gasteiger partial charge in [0.1, 0.15) is 11.5 Å². The molecule has 1 rings (SSSR count). The third kappa shape index (κ3) is 2.58. The van der Waals surface area contributed by atoms with Gasteiger partial charge in [-0.2, -0.15) is 0 Å². The van der Waals surface area contributed by atoms with Gasteiger partial charge < -0.3 is 9.90 Å². The van der Waals surface area contributed by atoms with Crippen LogP contribution in [0.15, 0.2) is 24.3 Å². The second-order valence-electron chi connectivity index (χ2n) is 3.37. The molecule has 2 heteroatoms. The fraction of sp³-hybridized carbons (Fsp3) is 0.364. The van der Waals surface area contributed by atoms with Crippen molar-refractivity contribution in [3.05, 3.63) is 29.8 Å². The van der Waals surface area contributed by atoms with Crippen LogP contribution in [-0.4, -0.2) is 10.9 Å². The Balaban J connectivity index is 2.82. The van der Waals surface area contributed by atoms with E-state index in [1.54, 1.807) is 19.1 Å². The first-order valence-corrected chi connectivity index (χ1v) is 4.38. The summed E-state index contributed by atoms with van der Waals surface area (Å²) in [6.07, 6.45) is 0.484. The molecule has 70 valence electrons. The zero-order chi connectivity index (χ0) is 9.84. The summed E-state index contributed by atoms with van der Waals surface area (Å²) in [5.74, 6) is 0.519. The molecule has 0 aliphatic rings. The van der Waals surface area contributed by atoms with Gasteiger partial charge in [-0.15, -0.1) is 0 Å². The van der Waals surface area contributed by atoms with Crippen LogP contribution < -0.4 is 0 Å². The van der Waals surface area contributed by atoms with Gasteiger partial charge in [-0.1, -0.05) is 25.1 Å². The van der Waals surface area contributed by atoms with Gasteiger partial charge in [0.05, 0.1) is 0 Å². The fourth-order valence-electron chi connectivity index (χ4n) is 1.45. The van der Waals surface area contributed by atoms with E-state index >= 15 is 0 Å². The third-order valence-electron chi connectivity index (χ3n) is 2.06. The monoisotopic (exact) mass is 178 g/mol. The molecule has 13 heavy (non-hydrogen) atoms. The van der Waals surface area contributed by atoms with Crippen molar-refractivity contribution < 1.29 is 9.90 Å². The van der Waals surface area contributed by atoms with Crippen molar-refractivity contribution >= 4 is 5.78 Å². The molecular weight excluding hydrogens is 164 g/mol. The predicted molar refractivity (Wildman–Crippen MR) is 51.8 cm³/mol. The number of rotatable bonds is 3. The number of carbonyl (C=O) groups excluding carboxylic acids is 1. The number of aromatic hydroxyl groups is 1. The maximum Gasteiger partial charge on any atom is 0.130 e. The van der Waals surface area contributed by atoms with Gasteiger partial charge in [-0.3, -0.25) is 0 Å². The van der Waals surface area contributed by atoms with Crippen molar-refractivity contribution in [2.45, 2.75) is 26.2 Å². The molecule has 0 saturated carbocycles. The molecule has 1 atom stereocenters. The van der Waals surface area contributed by atoms with Crippen molar-refractivity contribution in [2.75, 3.05) is 0 Å². The second-order valence-corrected chi connectivity index (χ2v) is 3.37. The smallest absolute Gasteiger partial charge is 0.130 e. The highest BCUT2D eigenvalue weighted by Crippen LogP contribution is 2.27. The molecule has 0 aliphatic carbocycles. The normalized spacial score (nSPS) is 12.5. The molecule has 1 aromatic rings. The molecule has 0 aromatic heterocycles. The number of Topliss-reactive ketones (excluding diaryl/α,β-unsaturated/α-hetero) is 1. The highest BCUT2D eigenvalue weighted by atomic mass is 16.3. The van der Waals surface area contributed by atoms with E-state index in [1.165, 1.54) is 0 Å². The van der Waals surface area contributed by atoms with E-state index in [4.69, 9.17) is 0 Å². The molecule has 1 N–H and O–H groups in total. The molecule has 2 nitrogen and oxygen atoms in total. The van der Waals surface area contributed by atoms with E-state index in [-0.39, 0.29) is 17.5 Å². The number of ketones is 1. The van der Waals surface area contributed by atoms with E-state index in [0.717, 1.165) is 5.56 Å². The largest absolute Gasteiger partial charge is 0.508 e. The Hall–Kier alpha value is -1.31. The number of phenols is 1. The lowest BCUT2D eigenvalue weighted by Gasteiger charge is -2.10. The predicted octanol–water partition coefficient (Wildman–Crippen LogP) is 2.47. The zero-order valence-electron chi connectivity index (χ0n) is 7.95. The van der Waals surface area contributed by atoms with Crippen LogP contribution in [0.2, 0.25) is 0 Å². The summed E-state index contributed by atoms with van der Waals surface area (Å²) in [7, 11) is 0. The first kappa shape index (κ1) is 9.78. The molecule has 0 saturated heterocycles. The number of phenolic OH excluding ortho intramolecular Hbond substituents is 1. The Morgan fingerprint density at radius 1 is 1.46 bits per heavy atom. The molecule has 1 unspecified atom stereocenters. The van der Waals surface area contributed by atoms with Gasteiger partial charge in [0.15, 0.2) is 0 Å². The van der Waals surface area contributed by atoms with E-state index in [0.29, 0.717) is 6.42 Å². The topological polar surface area (TPSA) is 37.3 Å². The minimum atomic E-state index is 0.0960. The van der Waals surface area contributed by atoms with Crippen LogP contribution in [0.3, 0.4) is 0 Å². The van der Waals surface area contributed by atoms with E-state index in [9.17, 15) is 9.90 Å². The molecule has 0 fully saturated rings. The Morgan fingerprint density at radius 3 is 2.62 bits per heavy atom. The molecule has 0 heterocycles. The van der Waals surface area contributed by atoms with Crippen LogP contribution in [0.1, 0.15) is 31.7 Å². The molecule has 0 bridgehead atoms. The standard InChI is InChI=1S/C11H14O2/c1-8(7-9(2)12)10-5-3-4-6-11(10)13/h3-6,8,13H,7H2,1-2H3. The van der Waals surface area contributed by atoms with Gasteiger partial charge in [-0.05, 0) is 24.5 Å². The summed E-state index contributed by atoms with van der Waals surface area (Å²) in [5.41, 5.74) is 0.845. The van der Waals surface area contributed by atoms with Crippen molar-refractivity contribution in [3.8, 4) is 5.75 Å². The van der Waals surface area contributed by atoms with Gasteiger partial charge in [0.2, 0.25) is 0 Å². The average Bonchev–Trinajstić information content (AvgIpc) is 2.03. The summed E-state index contributed by atoms with van der Waals surface area (Å²) >= 11 is 0. The van der Waals surface area contributed by atoms with E-state index < -0.39 is 0 Å². The van der Waals surface area contributed by atoms with Crippen LogP contribution in [0.5, 0.6) is 5.75 Å². The number of hydrogen-bond donors (Lipinski definition) is 1. The van der Waals surface area contributed by atoms with Gasteiger partial charge in [0, 0.05) is 6.42 Å². The number of para-hydroxylation sites is 1. The highest BCUT2D eigenvalue weighted by Gasteiger charge is 2.11. The van der Waals surface area contributed by atoms with Crippen molar-refractivity contribution in [1.82, 2.24) is 0 Å². The third-order valence-corrected chi connectivity index (χ3v) is 2.06. The summed E-state index contributed by atoms with van der Waals surface area (Å²) in [5, 5.41) is 9.48. The molecule has 0 radical (unpaired) electrons. The van der Waals surface area contributed by atoms with Gasteiger partial charge >= 0.3 is 0 Å². The van der Waals surface area contributed by atoms with E-state index in [1.807, 2.05) is 19.1 Å². The summed E-state index contributed by atoms with van der Waals surface area (Å²) in [6.45, 7) is 3.51. The lowest BCUT2D eigenvalue weighted by molar-refractivity contribution is -0.117. The Bertz CT molecular complexity index is 305. The summed E-state index contributed by atoms with van der Waals surface area (Å²) in [4.78, 5) is 10.9. The summed E-state index contributed by atoms with van der Waals surface area (Å²) < 4.78 is 0. The van der Waals surface area contributed by atoms with Crippen LogP contribution >= 0.6 is 0 Å². The second kappa shape index (κ2) is 4.08. The maximum atomic E-state index is 10.9. The Morgan fingerprint density at radius 2 is 2.08 bits per heavy atom. The van der Waals surface area contributed by atoms with Crippen LogP contribution in [-0.2, 0) is 4.79 Å². The minimum absolute atomic E-state index is 0.0960. The first-order chi connectivity index (χ1) is 6.11. The molecule has 0 amide bonds. The number of hydrogen-bond acceptors (Lipinski definition) is 2. The molecule has 0 aliphatic heterocycles. The number of benzene rings is 1. The highest BCUT2D eigenvalue weighted by molar-refractivity contribution is 5.76.